The predicted octanol–water partition coefficient (Wildman–Crippen LogP) is 1.31. The maximum Gasteiger partial charge on any atom is 0.340 e. The molecule has 17 heavy (non-hydrogen) atoms. The molecule has 0 heterocycles. The molecule has 7 nitrogen and oxygen atoms in total. The molecule has 0 saturated carbocycles. The molecular formula is C10H13NO6. The van der Waals surface area contributed by atoms with E-state index in [4.69, 9.17) is 14.7 Å². The first kappa shape index (κ1) is 13.1. The molecule has 0 atom stereocenters. The topological polar surface area (TPSA) is 86.3 Å². The molecule has 0 aromatic heterocycles. The van der Waals surface area contributed by atoms with E-state index in [9.17, 15) is 4.79 Å². The lowest BCUT2D eigenvalue weighted by Crippen LogP contribution is -2.08. The normalized spacial score (nSPS) is 9.65. The lowest BCUT2D eigenvalue weighted by molar-refractivity contribution is -0.215. The minimum Gasteiger partial charge on any atom is -0.493 e. The Hall–Kier alpha value is -1.99. The number of hydrogen-bond donors (Lipinski definition) is 2. The summed E-state index contributed by atoms with van der Waals surface area (Å²) in [7, 11) is 4.12. The van der Waals surface area contributed by atoms with Crippen molar-refractivity contribution in [3.63, 3.8) is 0 Å². The number of carbonyl (C=O) groups is 1. The van der Waals surface area contributed by atoms with E-state index in [1.807, 2.05) is 0 Å². The van der Waals surface area contributed by atoms with Crippen LogP contribution < -0.4 is 15.0 Å². The van der Waals surface area contributed by atoms with Crippen LogP contribution in [0.3, 0.4) is 0 Å². The maximum atomic E-state index is 11.5. The standard InChI is InChI=1S/C10H13NO6/c1-14-8-4-6(10(12)16-3)7(11-17-13)5-9(8)15-2/h4-5,11,13H,1-3H3. The fourth-order valence-corrected chi connectivity index (χ4v) is 1.29. The van der Waals surface area contributed by atoms with Gasteiger partial charge >= 0.3 is 5.97 Å². The van der Waals surface area contributed by atoms with Gasteiger partial charge in [-0.3, -0.25) is 0 Å². The monoisotopic (exact) mass is 243 g/mol. The summed E-state index contributed by atoms with van der Waals surface area (Å²) in [5.41, 5.74) is 2.47. The van der Waals surface area contributed by atoms with Gasteiger partial charge in [-0.15, -0.1) is 4.99 Å². The van der Waals surface area contributed by atoms with E-state index >= 15 is 0 Å². The fourth-order valence-electron chi connectivity index (χ4n) is 1.29. The highest BCUT2D eigenvalue weighted by Crippen LogP contribution is 2.33. The Morgan fingerprint density at radius 1 is 1.18 bits per heavy atom. The fraction of sp³-hybridized carbons (Fsp3) is 0.300. The molecule has 0 fully saturated rings. The first-order valence-corrected chi connectivity index (χ1v) is 4.58. The molecule has 1 aromatic carbocycles. The molecule has 0 spiro atoms. The highest BCUT2D eigenvalue weighted by molar-refractivity contribution is 5.96. The highest BCUT2D eigenvalue weighted by Gasteiger charge is 2.17. The van der Waals surface area contributed by atoms with Gasteiger partial charge in [0.25, 0.3) is 0 Å². The van der Waals surface area contributed by atoms with Crippen molar-refractivity contribution in [2.45, 2.75) is 0 Å². The molecule has 0 aliphatic rings. The lowest BCUT2D eigenvalue weighted by Gasteiger charge is -2.13. The number of esters is 1. The molecule has 0 aliphatic heterocycles. The Kier molecular flexibility index (Phi) is 4.56. The third kappa shape index (κ3) is 2.77. The summed E-state index contributed by atoms with van der Waals surface area (Å²) < 4.78 is 14.7. The Bertz CT molecular complexity index is 406. The molecule has 0 bridgehead atoms. The lowest BCUT2D eigenvalue weighted by atomic mass is 10.1. The van der Waals surface area contributed by atoms with Crippen LogP contribution in [0.15, 0.2) is 12.1 Å². The van der Waals surface area contributed by atoms with Crippen LogP contribution in [0.1, 0.15) is 10.4 Å². The third-order valence-electron chi connectivity index (χ3n) is 2.08. The van der Waals surface area contributed by atoms with Gasteiger partial charge in [0.05, 0.1) is 32.6 Å². The molecular weight excluding hydrogens is 230 g/mol. The summed E-state index contributed by atoms with van der Waals surface area (Å²) in [5.74, 6) is 0.126. The highest BCUT2D eigenvalue weighted by atomic mass is 17.2. The maximum absolute atomic E-state index is 11.5. The first-order valence-electron chi connectivity index (χ1n) is 4.58. The van der Waals surface area contributed by atoms with Crippen LogP contribution in [0.2, 0.25) is 0 Å². The molecule has 1 aromatic rings. The number of benzene rings is 1. The molecule has 0 unspecified atom stereocenters. The van der Waals surface area contributed by atoms with Crippen LogP contribution >= 0.6 is 0 Å². The number of ether oxygens (including phenoxy) is 3. The predicted molar refractivity (Wildman–Crippen MR) is 58.2 cm³/mol. The number of carbonyl (C=O) groups excluding carboxylic acids is 1. The van der Waals surface area contributed by atoms with Crippen molar-refractivity contribution in [1.82, 2.24) is 0 Å². The van der Waals surface area contributed by atoms with Gasteiger partial charge in [-0.25, -0.2) is 15.5 Å². The second kappa shape index (κ2) is 5.92. The van der Waals surface area contributed by atoms with Gasteiger partial charge < -0.3 is 14.2 Å². The van der Waals surface area contributed by atoms with Gasteiger partial charge in [-0.1, -0.05) is 0 Å². The largest absolute Gasteiger partial charge is 0.493 e. The van der Waals surface area contributed by atoms with E-state index in [0.717, 1.165) is 0 Å². The zero-order valence-electron chi connectivity index (χ0n) is 9.64. The van der Waals surface area contributed by atoms with Crippen LogP contribution in [-0.2, 0) is 9.73 Å². The smallest absolute Gasteiger partial charge is 0.340 e. The summed E-state index contributed by atoms with van der Waals surface area (Å²) in [4.78, 5) is 15.3. The summed E-state index contributed by atoms with van der Waals surface area (Å²) in [6.07, 6.45) is 0. The van der Waals surface area contributed by atoms with Gasteiger partial charge in [-0.2, -0.15) is 0 Å². The van der Waals surface area contributed by atoms with Gasteiger partial charge in [0.15, 0.2) is 11.5 Å². The van der Waals surface area contributed by atoms with Gasteiger partial charge in [-0.05, 0) is 0 Å². The number of hydrogen-bond acceptors (Lipinski definition) is 7. The second-order valence-corrected chi connectivity index (χ2v) is 2.94. The molecule has 2 N–H and O–H groups in total. The molecule has 0 radical (unpaired) electrons. The third-order valence-corrected chi connectivity index (χ3v) is 2.08. The quantitative estimate of drug-likeness (QED) is 0.458. The van der Waals surface area contributed by atoms with Gasteiger partial charge in [0.1, 0.15) is 0 Å². The van der Waals surface area contributed by atoms with E-state index in [1.165, 1.54) is 33.5 Å². The average Bonchev–Trinajstić information content (AvgIpc) is 2.37. The Morgan fingerprint density at radius 2 is 1.76 bits per heavy atom. The molecule has 94 valence electrons. The summed E-state index contributed by atoms with van der Waals surface area (Å²) in [6, 6.07) is 2.84. The zero-order valence-corrected chi connectivity index (χ0v) is 9.64. The van der Waals surface area contributed by atoms with E-state index in [0.29, 0.717) is 11.5 Å². The number of nitrogens with one attached hydrogen (secondary N) is 1. The number of rotatable bonds is 5. The van der Waals surface area contributed by atoms with Crippen LogP contribution in [0.25, 0.3) is 0 Å². The van der Waals surface area contributed by atoms with Crippen molar-refractivity contribution >= 4 is 11.7 Å². The van der Waals surface area contributed by atoms with Crippen molar-refractivity contribution in [1.29, 1.82) is 0 Å². The second-order valence-electron chi connectivity index (χ2n) is 2.94. The molecule has 0 amide bonds. The van der Waals surface area contributed by atoms with Crippen LogP contribution in [0.4, 0.5) is 5.69 Å². The zero-order chi connectivity index (χ0) is 12.8. The average molecular weight is 243 g/mol. The van der Waals surface area contributed by atoms with E-state index in [-0.39, 0.29) is 11.3 Å². The van der Waals surface area contributed by atoms with Crippen molar-refractivity contribution in [2.75, 3.05) is 26.8 Å². The van der Waals surface area contributed by atoms with E-state index in [2.05, 4.69) is 15.2 Å². The first-order chi connectivity index (χ1) is 8.17. The minimum atomic E-state index is -0.606. The van der Waals surface area contributed by atoms with Crippen molar-refractivity contribution in [3.05, 3.63) is 17.7 Å². The van der Waals surface area contributed by atoms with Crippen LogP contribution in [-0.4, -0.2) is 32.6 Å². The Labute approximate surface area is 97.7 Å². The number of methoxy groups -OCH3 is 3. The van der Waals surface area contributed by atoms with E-state index < -0.39 is 5.97 Å². The van der Waals surface area contributed by atoms with Crippen LogP contribution in [0, 0.1) is 0 Å². The van der Waals surface area contributed by atoms with Gasteiger partial charge in [0, 0.05) is 12.1 Å². The summed E-state index contributed by atoms with van der Waals surface area (Å²) in [6.45, 7) is 0. The van der Waals surface area contributed by atoms with Crippen LogP contribution in [0.5, 0.6) is 11.5 Å². The van der Waals surface area contributed by atoms with Crippen molar-refractivity contribution in [3.8, 4) is 11.5 Å². The van der Waals surface area contributed by atoms with E-state index in [1.54, 1.807) is 0 Å². The summed E-state index contributed by atoms with van der Waals surface area (Å²) in [5, 5.41) is 8.35. The number of anilines is 1. The van der Waals surface area contributed by atoms with Crippen molar-refractivity contribution in [2.24, 2.45) is 0 Å². The molecule has 7 heteroatoms. The van der Waals surface area contributed by atoms with Crippen molar-refractivity contribution < 1.29 is 29.3 Å². The Morgan fingerprint density at radius 3 is 2.24 bits per heavy atom. The SMILES string of the molecule is COC(=O)c1cc(OC)c(OC)cc1NOO. The minimum absolute atomic E-state index is 0.138. The molecule has 1 rings (SSSR count). The van der Waals surface area contributed by atoms with Gasteiger partial charge in [0.2, 0.25) is 0 Å². The molecule has 0 saturated heterocycles. The summed E-state index contributed by atoms with van der Waals surface area (Å²) >= 11 is 0. The Balaban J connectivity index is 3.29. The molecule has 0 aliphatic carbocycles.